The molecule has 1 aliphatic heterocycles. The fourth-order valence-corrected chi connectivity index (χ4v) is 3.86. The summed E-state index contributed by atoms with van der Waals surface area (Å²) in [4.78, 5) is 27.4. The van der Waals surface area contributed by atoms with E-state index in [0.717, 1.165) is 18.4 Å². The van der Waals surface area contributed by atoms with Crippen LogP contribution in [0.4, 0.5) is 4.39 Å². The molecule has 1 aliphatic carbocycles. The monoisotopic (exact) mass is 382 g/mol. The molecular formula is C22H23FN2O3. The molecule has 1 heterocycles. The quantitative estimate of drug-likeness (QED) is 0.865. The van der Waals surface area contributed by atoms with E-state index in [1.54, 1.807) is 24.1 Å². The molecule has 0 radical (unpaired) electrons. The van der Waals surface area contributed by atoms with E-state index in [1.807, 2.05) is 24.3 Å². The van der Waals surface area contributed by atoms with E-state index >= 15 is 0 Å². The van der Waals surface area contributed by atoms with Crippen molar-refractivity contribution in [2.24, 2.45) is 5.92 Å². The Morgan fingerprint density at radius 2 is 1.79 bits per heavy atom. The Morgan fingerprint density at radius 1 is 1.07 bits per heavy atom. The minimum atomic E-state index is -0.549. The largest absolute Gasteiger partial charge is 0.496 e. The van der Waals surface area contributed by atoms with Gasteiger partial charge < -0.3 is 15.0 Å². The molecule has 0 spiro atoms. The summed E-state index contributed by atoms with van der Waals surface area (Å²) >= 11 is 0. The lowest BCUT2D eigenvalue weighted by molar-refractivity contribution is -0.125. The van der Waals surface area contributed by atoms with Crippen LogP contribution in [0.1, 0.15) is 34.7 Å². The molecule has 2 aromatic carbocycles. The van der Waals surface area contributed by atoms with Crippen LogP contribution in [-0.4, -0.2) is 43.0 Å². The van der Waals surface area contributed by atoms with Gasteiger partial charge in [-0.15, -0.1) is 0 Å². The molecular weight excluding hydrogens is 359 g/mol. The van der Waals surface area contributed by atoms with Gasteiger partial charge in [0.25, 0.3) is 5.91 Å². The van der Waals surface area contributed by atoms with Crippen molar-refractivity contribution in [3.05, 3.63) is 65.5 Å². The predicted molar refractivity (Wildman–Crippen MR) is 103 cm³/mol. The van der Waals surface area contributed by atoms with Crippen LogP contribution in [-0.2, 0) is 4.79 Å². The molecule has 0 aromatic heterocycles. The second-order valence-corrected chi connectivity index (χ2v) is 7.43. The van der Waals surface area contributed by atoms with E-state index in [-0.39, 0.29) is 35.9 Å². The number of carbonyl (C=O) groups excluding carboxylic acids is 2. The van der Waals surface area contributed by atoms with Crippen molar-refractivity contribution >= 4 is 11.8 Å². The number of methoxy groups -OCH3 is 1. The molecule has 28 heavy (non-hydrogen) atoms. The maximum Gasteiger partial charge on any atom is 0.256 e. The lowest BCUT2D eigenvalue weighted by Gasteiger charge is -2.20. The van der Waals surface area contributed by atoms with Crippen LogP contribution in [0.25, 0.3) is 0 Å². The van der Waals surface area contributed by atoms with Crippen LogP contribution in [0.3, 0.4) is 0 Å². The zero-order valence-electron chi connectivity index (χ0n) is 15.7. The first kappa shape index (κ1) is 18.5. The summed E-state index contributed by atoms with van der Waals surface area (Å²) in [6.45, 7) is 0.602. The Hall–Kier alpha value is -2.89. The van der Waals surface area contributed by atoms with Crippen LogP contribution in [0.2, 0.25) is 0 Å². The van der Waals surface area contributed by atoms with E-state index in [0.29, 0.717) is 12.3 Å². The Morgan fingerprint density at radius 3 is 2.50 bits per heavy atom. The van der Waals surface area contributed by atoms with Gasteiger partial charge in [0.2, 0.25) is 5.91 Å². The molecule has 1 N–H and O–H groups in total. The van der Waals surface area contributed by atoms with Gasteiger partial charge in [0.1, 0.15) is 11.6 Å². The summed E-state index contributed by atoms with van der Waals surface area (Å²) in [6.07, 6.45) is 1.99. The molecule has 5 nitrogen and oxygen atoms in total. The minimum absolute atomic E-state index is 0.0320. The SMILES string of the molecule is COc1ccccc1[C@@H]1CN(C(=O)c2ccccc2F)C[C@H]1C(=O)NC1CC1. The standard InChI is InChI=1S/C22H23FN2O3/c1-28-20-9-5-3-6-15(20)17-12-25(13-18(17)21(26)24-14-10-11-14)22(27)16-7-2-4-8-19(16)23/h2-9,14,17-18H,10-13H2,1H3,(H,24,26)/t17-,18+/m0/s1. The molecule has 6 heteroatoms. The molecule has 1 saturated carbocycles. The number of halogens is 1. The average molecular weight is 382 g/mol. The van der Waals surface area contributed by atoms with E-state index in [2.05, 4.69) is 5.32 Å². The smallest absolute Gasteiger partial charge is 0.256 e. The maximum atomic E-state index is 14.1. The molecule has 2 aliphatic rings. The number of likely N-dealkylation sites (tertiary alicyclic amines) is 1. The number of hydrogen-bond donors (Lipinski definition) is 1. The highest BCUT2D eigenvalue weighted by Crippen LogP contribution is 2.38. The van der Waals surface area contributed by atoms with Crippen molar-refractivity contribution in [2.75, 3.05) is 20.2 Å². The molecule has 1 saturated heterocycles. The molecule has 2 atom stereocenters. The fourth-order valence-electron chi connectivity index (χ4n) is 3.86. The zero-order valence-corrected chi connectivity index (χ0v) is 15.7. The number of rotatable bonds is 5. The number of nitrogens with zero attached hydrogens (tertiary/aromatic N) is 1. The van der Waals surface area contributed by atoms with Crippen LogP contribution in [0, 0.1) is 11.7 Å². The van der Waals surface area contributed by atoms with Gasteiger partial charge in [0, 0.05) is 25.0 Å². The topological polar surface area (TPSA) is 58.6 Å². The summed E-state index contributed by atoms with van der Waals surface area (Å²) in [7, 11) is 1.59. The number of benzene rings is 2. The second-order valence-electron chi connectivity index (χ2n) is 7.43. The molecule has 2 amide bonds. The first-order valence-electron chi connectivity index (χ1n) is 9.55. The van der Waals surface area contributed by atoms with Gasteiger partial charge >= 0.3 is 0 Å². The maximum absolute atomic E-state index is 14.1. The molecule has 0 unspecified atom stereocenters. The highest BCUT2D eigenvalue weighted by molar-refractivity contribution is 5.95. The van der Waals surface area contributed by atoms with Gasteiger partial charge in [-0.05, 0) is 36.6 Å². The summed E-state index contributed by atoms with van der Waals surface area (Å²) < 4.78 is 19.6. The summed E-state index contributed by atoms with van der Waals surface area (Å²) in [5.74, 6) is -0.899. The van der Waals surface area contributed by atoms with Crippen LogP contribution < -0.4 is 10.1 Å². The van der Waals surface area contributed by atoms with Gasteiger partial charge in [0.15, 0.2) is 0 Å². The zero-order chi connectivity index (χ0) is 19.7. The molecule has 2 fully saturated rings. The Balaban J connectivity index is 1.63. The van der Waals surface area contributed by atoms with Crippen molar-refractivity contribution in [1.82, 2.24) is 10.2 Å². The third-order valence-electron chi connectivity index (χ3n) is 5.51. The van der Waals surface area contributed by atoms with Gasteiger partial charge in [0.05, 0.1) is 18.6 Å². The van der Waals surface area contributed by atoms with Crippen molar-refractivity contribution in [3.8, 4) is 5.75 Å². The summed E-state index contributed by atoms with van der Waals surface area (Å²) in [5.41, 5.74) is 0.925. The van der Waals surface area contributed by atoms with Crippen molar-refractivity contribution in [3.63, 3.8) is 0 Å². The Kier molecular flexibility index (Phi) is 5.03. The van der Waals surface area contributed by atoms with Gasteiger partial charge in [-0.25, -0.2) is 4.39 Å². The second kappa shape index (κ2) is 7.62. The van der Waals surface area contributed by atoms with Crippen LogP contribution in [0.15, 0.2) is 48.5 Å². The van der Waals surface area contributed by atoms with E-state index in [9.17, 15) is 14.0 Å². The predicted octanol–water partition coefficient (Wildman–Crippen LogP) is 2.97. The van der Waals surface area contributed by atoms with E-state index in [1.165, 1.54) is 12.1 Å². The highest BCUT2D eigenvalue weighted by Gasteiger charge is 2.43. The van der Waals surface area contributed by atoms with Crippen molar-refractivity contribution < 1.29 is 18.7 Å². The summed E-state index contributed by atoms with van der Waals surface area (Å²) in [5, 5.41) is 3.05. The average Bonchev–Trinajstić information content (AvgIpc) is 3.41. The van der Waals surface area contributed by atoms with Crippen molar-refractivity contribution in [1.29, 1.82) is 0 Å². The number of nitrogens with one attached hydrogen (secondary N) is 1. The van der Waals surface area contributed by atoms with Gasteiger partial charge in [-0.3, -0.25) is 9.59 Å². The summed E-state index contributed by atoms with van der Waals surface area (Å²) in [6, 6.07) is 13.7. The number of amides is 2. The van der Waals surface area contributed by atoms with Crippen molar-refractivity contribution in [2.45, 2.75) is 24.8 Å². The number of carbonyl (C=O) groups is 2. The third kappa shape index (κ3) is 3.59. The number of ether oxygens (including phenoxy) is 1. The highest BCUT2D eigenvalue weighted by atomic mass is 19.1. The molecule has 4 rings (SSSR count). The number of para-hydroxylation sites is 1. The third-order valence-corrected chi connectivity index (χ3v) is 5.51. The Bertz CT molecular complexity index is 897. The molecule has 0 bridgehead atoms. The van der Waals surface area contributed by atoms with E-state index in [4.69, 9.17) is 4.74 Å². The van der Waals surface area contributed by atoms with Gasteiger partial charge in [-0.1, -0.05) is 30.3 Å². The molecule has 146 valence electrons. The van der Waals surface area contributed by atoms with Crippen LogP contribution >= 0.6 is 0 Å². The normalized spacial score (nSPS) is 21.4. The lowest BCUT2D eigenvalue weighted by Crippen LogP contribution is -2.36. The first-order valence-corrected chi connectivity index (χ1v) is 9.55. The minimum Gasteiger partial charge on any atom is -0.496 e. The first-order chi connectivity index (χ1) is 13.6. The van der Waals surface area contributed by atoms with E-state index < -0.39 is 11.7 Å². The van der Waals surface area contributed by atoms with Crippen LogP contribution in [0.5, 0.6) is 5.75 Å². The van der Waals surface area contributed by atoms with Gasteiger partial charge in [-0.2, -0.15) is 0 Å². The Labute approximate surface area is 163 Å². The number of hydrogen-bond acceptors (Lipinski definition) is 3. The fraction of sp³-hybridized carbons (Fsp3) is 0.364. The molecule has 2 aromatic rings. The lowest BCUT2D eigenvalue weighted by atomic mass is 9.87.